The van der Waals surface area contributed by atoms with Gasteiger partial charge in [-0.1, -0.05) is 31.4 Å². The molecular weight excluding hydrogens is 390 g/mol. The van der Waals surface area contributed by atoms with Crippen LogP contribution in [0.1, 0.15) is 42.5 Å². The molecule has 1 heterocycles. The summed E-state index contributed by atoms with van der Waals surface area (Å²) in [5, 5.41) is 3.34. The number of hydrogen-bond acceptors (Lipinski definition) is 6. The summed E-state index contributed by atoms with van der Waals surface area (Å²) in [5.41, 5.74) is 0.648. The molecule has 7 nitrogen and oxygen atoms in total. The van der Waals surface area contributed by atoms with Crippen molar-refractivity contribution in [1.29, 1.82) is 0 Å². The van der Waals surface area contributed by atoms with Crippen LogP contribution in [0, 0.1) is 0 Å². The molecule has 0 unspecified atom stereocenters. The standard InChI is InChI=1S/C21H33N3O4S/c1-23(2)21(10-4-3-5-11-21)17-22-16-20(25)18-6-8-19(9-7-18)29(26,27)24-12-14-28-15-13-24/h6-9,22H,3-5,10-17H2,1-2H3. The van der Waals surface area contributed by atoms with Gasteiger partial charge in [0.25, 0.3) is 0 Å². The Kier molecular flexibility index (Phi) is 7.45. The monoisotopic (exact) mass is 423 g/mol. The molecule has 0 atom stereocenters. The summed E-state index contributed by atoms with van der Waals surface area (Å²) in [6.45, 7) is 2.59. The lowest BCUT2D eigenvalue weighted by molar-refractivity contribution is 0.0730. The van der Waals surface area contributed by atoms with E-state index in [0.29, 0.717) is 31.9 Å². The molecule has 2 fully saturated rings. The number of likely N-dealkylation sites (N-methyl/N-ethyl adjacent to an activating group) is 1. The van der Waals surface area contributed by atoms with Gasteiger partial charge in [-0.05, 0) is 39.1 Å². The zero-order valence-electron chi connectivity index (χ0n) is 17.5. The number of morpholine rings is 1. The molecule has 2 aliphatic rings. The van der Waals surface area contributed by atoms with Crippen molar-refractivity contribution in [2.45, 2.75) is 42.5 Å². The second-order valence-corrected chi connectivity index (χ2v) is 10.2. The van der Waals surface area contributed by atoms with Crippen LogP contribution < -0.4 is 5.32 Å². The van der Waals surface area contributed by atoms with Crippen LogP contribution in [0.5, 0.6) is 0 Å². The molecule has 0 spiro atoms. The lowest BCUT2D eigenvalue weighted by Gasteiger charge is -2.43. The molecule has 1 saturated heterocycles. The van der Waals surface area contributed by atoms with Gasteiger partial charge in [0.15, 0.2) is 5.78 Å². The lowest BCUT2D eigenvalue weighted by Crippen LogP contribution is -2.53. The van der Waals surface area contributed by atoms with Gasteiger partial charge in [0.2, 0.25) is 10.0 Å². The van der Waals surface area contributed by atoms with Crippen molar-refractivity contribution in [3.8, 4) is 0 Å². The number of hydrogen-bond donors (Lipinski definition) is 1. The molecule has 1 aromatic carbocycles. The maximum atomic E-state index is 12.7. The smallest absolute Gasteiger partial charge is 0.243 e. The molecule has 0 bridgehead atoms. The molecule has 1 aromatic rings. The van der Waals surface area contributed by atoms with Crippen molar-refractivity contribution in [2.24, 2.45) is 0 Å². The molecule has 1 saturated carbocycles. The van der Waals surface area contributed by atoms with Gasteiger partial charge in [0.1, 0.15) is 0 Å². The molecular formula is C21H33N3O4S. The predicted molar refractivity (Wildman–Crippen MR) is 113 cm³/mol. The Hall–Kier alpha value is -1.32. The molecule has 1 aliphatic heterocycles. The van der Waals surface area contributed by atoms with E-state index in [4.69, 9.17) is 4.74 Å². The Balaban J connectivity index is 1.57. The summed E-state index contributed by atoms with van der Waals surface area (Å²) < 4.78 is 32.0. The third-order valence-corrected chi connectivity index (χ3v) is 8.17. The van der Waals surface area contributed by atoms with Gasteiger partial charge in [-0.15, -0.1) is 0 Å². The van der Waals surface area contributed by atoms with Crippen molar-refractivity contribution in [1.82, 2.24) is 14.5 Å². The number of ether oxygens (including phenoxy) is 1. The quantitative estimate of drug-likeness (QED) is 0.642. The second-order valence-electron chi connectivity index (χ2n) is 8.25. The zero-order valence-corrected chi connectivity index (χ0v) is 18.3. The van der Waals surface area contributed by atoms with Crippen LogP contribution in [0.4, 0.5) is 0 Å². The lowest BCUT2D eigenvalue weighted by atomic mass is 9.80. The van der Waals surface area contributed by atoms with Crippen molar-refractivity contribution in [3.05, 3.63) is 29.8 Å². The van der Waals surface area contributed by atoms with Gasteiger partial charge in [0, 0.05) is 30.7 Å². The van der Waals surface area contributed by atoms with Crippen LogP contribution in [0.3, 0.4) is 0 Å². The van der Waals surface area contributed by atoms with E-state index in [0.717, 1.165) is 19.4 Å². The van der Waals surface area contributed by atoms with E-state index < -0.39 is 10.0 Å². The van der Waals surface area contributed by atoms with Crippen molar-refractivity contribution in [3.63, 3.8) is 0 Å². The number of benzene rings is 1. The number of rotatable bonds is 8. The fraction of sp³-hybridized carbons (Fsp3) is 0.667. The van der Waals surface area contributed by atoms with Gasteiger partial charge in [-0.25, -0.2) is 8.42 Å². The first-order chi connectivity index (χ1) is 13.8. The summed E-state index contributed by atoms with van der Waals surface area (Å²) in [6, 6.07) is 6.28. The van der Waals surface area contributed by atoms with E-state index in [9.17, 15) is 13.2 Å². The normalized spacial score (nSPS) is 20.7. The molecule has 1 N–H and O–H groups in total. The van der Waals surface area contributed by atoms with E-state index in [1.54, 1.807) is 12.1 Å². The molecule has 3 rings (SSSR count). The highest BCUT2D eigenvalue weighted by atomic mass is 32.2. The number of ketones is 1. The molecule has 0 aromatic heterocycles. The first-order valence-electron chi connectivity index (χ1n) is 10.4. The maximum Gasteiger partial charge on any atom is 0.243 e. The molecule has 162 valence electrons. The number of carbonyl (C=O) groups excluding carboxylic acids is 1. The van der Waals surface area contributed by atoms with Crippen LogP contribution in [0.25, 0.3) is 0 Å². The number of nitrogens with zero attached hydrogens (tertiary/aromatic N) is 2. The summed E-state index contributed by atoms with van der Waals surface area (Å²) in [7, 11) is 0.694. The Morgan fingerprint density at radius 3 is 2.31 bits per heavy atom. The minimum absolute atomic E-state index is 0.0231. The Morgan fingerprint density at radius 1 is 1.10 bits per heavy atom. The number of nitrogens with one attached hydrogen (secondary N) is 1. The summed E-state index contributed by atoms with van der Waals surface area (Å²) in [4.78, 5) is 15.1. The molecule has 0 radical (unpaired) electrons. The van der Waals surface area contributed by atoms with Crippen LogP contribution >= 0.6 is 0 Å². The number of Topliss-reactive ketones (excluding diaryl/α,β-unsaturated/α-hetero) is 1. The van der Waals surface area contributed by atoms with Crippen LogP contribution in [0.15, 0.2) is 29.2 Å². The predicted octanol–water partition coefficient (Wildman–Crippen LogP) is 1.74. The molecule has 1 aliphatic carbocycles. The van der Waals surface area contributed by atoms with E-state index in [-0.39, 0.29) is 22.8 Å². The minimum atomic E-state index is -3.53. The summed E-state index contributed by atoms with van der Waals surface area (Å²) in [6.07, 6.45) is 6.04. The fourth-order valence-corrected chi connectivity index (χ4v) is 5.66. The third kappa shape index (κ3) is 5.24. The summed E-state index contributed by atoms with van der Waals surface area (Å²) >= 11 is 0. The fourth-order valence-electron chi connectivity index (χ4n) is 4.25. The van der Waals surface area contributed by atoms with E-state index in [2.05, 4.69) is 24.3 Å². The highest BCUT2D eigenvalue weighted by Gasteiger charge is 2.33. The average Bonchev–Trinajstić information content (AvgIpc) is 2.75. The Labute approximate surface area is 174 Å². The first kappa shape index (κ1) is 22.4. The SMILES string of the molecule is CN(C)C1(CNCC(=O)c2ccc(S(=O)(=O)N3CCOCC3)cc2)CCCCC1. The minimum Gasteiger partial charge on any atom is -0.379 e. The summed E-state index contributed by atoms with van der Waals surface area (Å²) in [5.74, 6) is -0.0231. The van der Waals surface area contributed by atoms with Gasteiger partial charge in [-0.3, -0.25) is 4.79 Å². The zero-order chi connectivity index (χ0) is 20.9. The maximum absolute atomic E-state index is 12.7. The molecule has 29 heavy (non-hydrogen) atoms. The van der Waals surface area contributed by atoms with E-state index in [1.807, 2.05) is 0 Å². The van der Waals surface area contributed by atoms with Crippen LogP contribution in [-0.4, -0.2) is 82.4 Å². The van der Waals surface area contributed by atoms with Gasteiger partial charge in [-0.2, -0.15) is 4.31 Å². The topological polar surface area (TPSA) is 79.0 Å². The Bertz CT molecular complexity index is 781. The van der Waals surface area contributed by atoms with Crippen LogP contribution in [0.2, 0.25) is 0 Å². The highest BCUT2D eigenvalue weighted by molar-refractivity contribution is 7.89. The van der Waals surface area contributed by atoms with Gasteiger partial charge >= 0.3 is 0 Å². The van der Waals surface area contributed by atoms with Crippen molar-refractivity contribution >= 4 is 15.8 Å². The van der Waals surface area contributed by atoms with Crippen LogP contribution in [-0.2, 0) is 14.8 Å². The third-order valence-electron chi connectivity index (χ3n) is 6.26. The Morgan fingerprint density at radius 2 is 1.72 bits per heavy atom. The van der Waals surface area contributed by atoms with E-state index >= 15 is 0 Å². The van der Waals surface area contributed by atoms with Crippen molar-refractivity contribution in [2.75, 3.05) is 53.5 Å². The largest absolute Gasteiger partial charge is 0.379 e. The van der Waals surface area contributed by atoms with Crippen molar-refractivity contribution < 1.29 is 17.9 Å². The second kappa shape index (κ2) is 9.66. The number of sulfonamides is 1. The van der Waals surface area contributed by atoms with Gasteiger partial charge < -0.3 is 15.0 Å². The van der Waals surface area contributed by atoms with E-state index in [1.165, 1.54) is 35.7 Å². The first-order valence-corrected chi connectivity index (χ1v) is 11.9. The number of carbonyl (C=O) groups is 1. The average molecular weight is 424 g/mol. The van der Waals surface area contributed by atoms with Gasteiger partial charge in [0.05, 0.1) is 24.7 Å². The molecule has 8 heteroatoms. The highest BCUT2D eigenvalue weighted by Crippen LogP contribution is 2.31. The molecule has 0 amide bonds.